The molecule has 0 aliphatic carbocycles. The summed E-state index contributed by atoms with van der Waals surface area (Å²) in [6.45, 7) is 2.58. The van der Waals surface area contributed by atoms with E-state index < -0.39 is 0 Å². The standard InChI is InChI=1S/C17H17ClN6O2/c1-9-5-11(18)13-6-12(9)22-14-7-15(19-2)24-16(23-14)10(8-21-24)17(25)20-3-4-26-13/h5-8,19H,3-4H2,1-2H3,(H,20,25)(H,22,23). The van der Waals surface area contributed by atoms with Crippen LogP contribution in [0.2, 0.25) is 5.02 Å². The van der Waals surface area contributed by atoms with Gasteiger partial charge in [0.2, 0.25) is 0 Å². The van der Waals surface area contributed by atoms with Gasteiger partial charge in [-0.05, 0) is 18.6 Å². The van der Waals surface area contributed by atoms with E-state index in [0.29, 0.717) is 46.8 Å². The van der Waals surface area contributed by atoms with Crippen molar-refractivity contribution >= 4 is 40.5 Å². The first-order valence-electron chi connectivity index (χ1n) is 8.11. The molecule has 4 bridgehead atoms. The summed E-state index contributed by atoms with van der Waals surface area (Å²) in [7, 11) is 1.79. The average molecular weight is 373 g/mol. The van der Waals surface area contributed by atoms with E-state index in [1.165, 1.54) is 6.20 Å². The van der Waals surface area contributed by atoms with E-state index >= 15 is 0 Å². The molecule has 1 amide bonds. The minimum absolute atomic E-state index is 0.261. The van der Waals surface area contributed by atoms with E-state index in [-0.39, 0.29) is 5.91 Å². The number of aromatic nitrogens is 3. The third-order valence-corrected chi connectivity index (χ3v) is 4.45. The molecule has 0 unspecified atom stereocenters. The van der Waals surface area contributed by atoms with E-state index in [4.69, 9.17) is 16.3 Å². The lowest BCUT2D eigenvalue weighted by molar-refractivity contribution is 0.0948. The van der Waals surface area contributed by atoms with Crippen LogP contribution < -0.4 is 20.7 Å². The van der Waals surface area contributed by atoms with Crippen LogP contribution in [-0.2, 0) is 0 Å². The van der Waals surface area contributed by atoms with Gasteiger partial charge in [0.05, 0.1) is 17.8 Å². The number of amides is 1. The van der Waals surface area contributed by atoms with Crippen LogP contribution in [0.1, 0.15) is 15.9 Å². The highest BCUT2D eigenvalue weighted by molar-refractivity contribution is 6.32. The molecule has 0 radical (unpaired) electrons. The number of hydrogen-bond acceptors (Lipinski definition) is 6. The highest BCUT2D eigenvalue weighted by Gasteiger charge is 2.18. The Hall–Kier alpha value is -3.00. The first-order chi connectivity index (χ1) is 12.6. The minimum Gasteiger partial charge on any atom is -0.490 e. The fourth-order valence-electron chi connectivity index (χ4n) is 2.82. The smallest absolute Gasteiger partial charge is 0.256 e. The van der Waals surface area contributed by atoms with Crippen molar-refractivity contribution in [2.75, 3.05) is 30.8 Å². The van der Waals surface area contributed by atoms with Gasteiger partial charge in [-0.1, -0.05) is 11.6 Å². The number of nitrogens with zero attached hydrogens (tertiary/aromatic N) is 3. The summed E-state index contributed by atoms with van der Waals surface area (Å²) in [5, 5.41) is 13.9. The Morgan fingerprint density at radius 1 is 1.35 bits per heavy atom. The highest BCUT2D eigenvalue weighted by atomic mass is 35.5. The van der Waals surface area contributed by atoms with Crippen LogP contribution in [0, 0.1) is 6.92 Å². The molecule has 0 saturated heterocycles. The molecule has 3 aromatic rings. The summed E-state index contributed by atoms with van der Waals surface area (Å²) in [5.74, 6) is 1.57. The first-order valence-corrected chi connectivity index (χ1v) is 8.49. The molecule has 2 aromatic heterocycles. The summed E-state index contributed by atoms with van der Waals surface area (Å²) in [5.41, 5.74) is 2.63. The SMILES string of the molecule is CNc1cc2nc3c(cnn13)C(=O)NCCOc1cc(c(C)cc1Cl)N2. The Bertz CT molecular complexity index is 1020. The van der Waals surface area contributed by atoms with E-state index in [2.05, 4.69) is 26.0 Å². The summed E-state index contributed by atoms with van der Waals surface area (Å²) in [4.78, 5) is 17.1. The van der Waals surface area contributed by atoms with Crippen LogP contribution in [0.25, 0.3) is 5.65 Å². The van der Waals surface area contributed by atoms with E-state index in [0.717, 1.165) is 11.3 Å². The van der Waals surface area contributed by atoms with Gasteiger partial charge in [-0.2, -0.15) is 9.61 Å². The molecule has 1 aromatic carbocycles. The lowest BCUT2D eigenvalue weighted by Crippen LogP contribution is -2.28. The van der Waals surface area contributed by atoms with Gasteiger partial charge in [-0.3, -0.25) is 4.79 Å². The van der Waals surface area contributed by atoms with Crippen molar-refractivity contribution in [1.29, 1.82) is 0 Å². The van der Waals surface area contributed by atoms with E-state index in [9.17, 15) is 4.79 Å². The zero-order valence-corrected chi connectivity index (χ0v) is 15.0. The van der Waals surface area contributed by atoms with Gasteiger partial charge in [0.15, 0.2) is 5.65 Å². The van der Waals surface area contributed by atoms with Gasteiger partial charge >= 0.3 is 0 Å². The lowest BCUT2D eigenvalue weighted by atomic mass is 10.2. The number of halogens is 1. The molecule has 134 valence electrons. The highest BCUT2D eigenvalue weighted by Crippen LogP contribution is 2.33. The summed E-state index contributed by atoms with van der Waals surface area (Å²) in [6.07, 6.45) is 1.50. The van der Waals surface area contributed by atoms with Crippen molar-refractivity contribution in [3.63, 3.8) is 0 Å². The number of benzene rings is 1. The molecule has 1 aliphatic rings. The molecular formula is C17H17ClN6O2. The quantitative estimate of drug-likeness (QED) is 0.608. The molecule has 4 rings (SSSR count). The normalized spacial score (nSPS) is 13.9. The van der Waals surface area contributed by atoms with E-state index in [1.54, 1.807) is 11.6 Å². The topological polar surface area (TPSA) is 92.6 Å². The largest absolute Gasteiger partial charge is 0.490 e. The number of anilines is 3. The predicted molar refractivity (Wildman–Crippen MR) is 99.8 cm³/mol. The second-order valence-corrected chi connectivity index (χ2v) is 6.30. The maximum atomic E-state index is 12.5. The number of carbonyl (C=O) groups excluding carboxylic acids is 1. The molecule has 3 heterocycles. The number of fused-ring (bicyclic) bond motifs is 3. The molecule has 0 saturated carbocycles. The maximum Gasteiger partial charge on any atom is 0.256 e. The van der Waals surface area contributed by atoms with Crippen LogP contribution in [0.4, 0.5) is 17.3 Å². The van der Waals surface area contributed by atoms with Crippen molar-refractivity contribution in [3.05, 3.63) is 40.5 Å². The van der Waals surface area contributed by atoms with Crippen LogP contribution in [0.5, 0.6) is 5.75 Å². The summed E-state index contributed by atoms with van der Waals surface area (Å²) >= 11 is 6.27. The van der Waals surface area contributed by atoms with Gasteiger partial charge in [0.1, 0.15) is 29.6 Å². The molecule has 8 nitrogen and oxygen atoms in total. The molecule has 9 heteroatoms. The minimum atomic E-state index is -0.261. The molecule has 0 atom stereocenters. The number of rotatable bonds is 1. The van der Waals surface area contributed by atoms with Gasteiger partial charge in [-0.25, -0.2) is 4.98 Å². The summed E-state index contributed by atoms with van der Waals surface area (Å²) in [6, 6.07) is 5.48. The predicted octanol–water partition coefficient (Wildman–Crippen LogP) is 2.60. The fraction of sp³-hybridized carbons (Fsp3) is 0.235. The molecular weight excluding hydrogens is 356 g/mol. The first kappa shape index (κ1) is 16.5. The van der Waals surface area contributed by atoms with Gasteiger partial charge < -0.3 is 20.7 Å². The molecule has 3 N–H and O–H groups in total. The summed E-state index contributed by atoms with van der Waals surface area (Å²) < 4.78 is 7.31. The number of carbonyl (C=O) groups is 1. The van der Waals surface area contributed by atoms with Crippen LogP contribution in [0.15, 0.2) is 24.4 Å². The number of nitrogens with one attached hydrogen (secondary N) is 3. The third-order valence-electron chi connectivity index (χ3n) is 4.16. The number of hydrogen-bond donors (Lipinski definition) is 3. The van der Waals surface area contributed by atoms with E-state index in [1.807, 2.05) is 25.1 Å². The van der Waals surface area contributed by atoms with Crippen molar-refractivity contribution in [1.82, 2.24) is 19.9 Å². The van der Waals surface area contributed by atoms with Gasteiger partial charge in [0.25, 0.3) is 5.91 Å². The second-order valence-electron chi connectivity index (χ2n) is 5.90. The lowest BCUT2D eigenvalue weighted by Gasteiger charge is -2.14. The van der Waals surface area contributed by atoms with Crippen molar-refractivity contribution in [2.45, 2.75) is 6.92 Å². The average Bonchev–Trinajstić information content (AvgIpc) is 3.04. The Kier molecular flexibility index (Phi) is 4.04. The molecule has 0 fully saturated rings. The Morgan fingerprint density at radius 2 is 2.19 bits per heavy atom. The van der Waals surface area contributed by atoms with Crippen molar-refractivity contribution in [3.8, 4) is 5.75 Å². The Morgan fingerprint density at radius 3 is 3.00 bits per heavy atom. The van der Waals surface area contributed by atoms with Gasteiger partial charge in [-0.15, -0.1) is 0 Å². The number of aryl methyl sites for hydroxylation is 1. The molecule has 0 spiro atoms. The fourth-order valence-corrected chi connectivity index (χ4v) is 3.09. The molecule has 1 aliphatic heterocycles. The van der Waals surface area contributed by atoms with Gasteiger partial charge in [0, 0.05) is 24.9 Å². The molecule has 26 heavy (non-hydrogen) atoms. The zero-order chi connectivity index (χ0) is 18.3. The van der Waals surface area contributed by atoms with Crippen LogP contribution in [-0.4, -0.2) is 40.7 Å². The zero-order valence-electron chi connectivity index (χ0n) is 14.3. The van der Waals surface area contributed by atoms with Crippen molar-refractivity contribution < 1.29 is 9.53 Å². The number of ether oxygens (including phenoxy) is 1. The third kappa shape index (κ3) is 2.78. The second kappa shape index (κ2) is 6.38. The maximum absolute atomic E-state index is 12.5. The van der Waals surface area contributed by atoms with Crippen LogP contribution >= 0.6 is 11.6 Å². The Balaban J connectivity index is 1.91. The van der Waals surface area contributed by atoms with Crippen LogP contribution in [0.3, 0.4) is 0 Å². The Labute approximate surface area is 154 Å². The monoisotopic (exact) mass is 372 g/mol. The van der Waals surface area contributed by atoms with Crippen molar-refractivity contribution in [2.24, 2.45) is 0 Å².